The normalized spacial score (nSPS) is 17.8. The minimum Gasteiger partial charge on any atom is -0.508 e. The second-order valence-electron chi connectivity index (χ2n) is 8.00. The predicted molar refractivity (Wildman–Crippen MR) is 119 cm³/mol. The smallest absolute Gasteiger partial charge is 0.337 e. The topological polar surface area (TPSA) is 112 Å². The Morgan fingerprint density at radius 1 is 1.21 bits per heavy atom. The van der Waals surface area contributed by atoms with Crippen molar-refractivity contribution in [1.29, 1.82) is 0 Å². The van der Waals surface area contributed by atoms with E-state index in [2.05, 4.69) is 5.32 Å². The summed E-state index contributed by atoms with van der Waals surface area (Å²) < 4.78 is 29.6. The molecule has 2 amide bonds. The molecule has 0 aliphatic carbocycles. The molecule has 3 N–H and O–H groups in total. The van der Waals surface area contributed by atoms with E-state index in [1.807, 2.05) is 0 Å². The summed E-state index contributed by atoms with van der Waals surface area (Å²) in [5.41, 5.74) is 0.387. The lowest BCUT2D eigenvalue weighted by Gasteiger charge is -2.24. The van der Waals surface area contributed by atoms with Crippen LogP contribution >= 0.6 is 11.6 Å². The molecule has 1 saturated heterocycles. The molecule has 1 aromatic heterocycles. The first-order valence-corrected chi connectivity index (χ1v) is 10.7. The van der Waals surface area contributed by atoms with Gasteiger partial charge in [-0.1, -0.05) is 23.7 Å². The fraction of sp³-hybridized carbons (Fsp3) is 0.261. The van der Waals surface area contributed by atoms with Gasteiger partial charge in [0.05, 0.1) is 22.6 Å². The van der Waals surface area contributed by atoms with Gasteiger partial charge in [-0.3, -0.25) is 9.59 Å². The van der Waals surface area contributed by atoms with Gasteiger partial charge in [-0.15, -0.1) is 0 Å². The number of phenolic OH excluding ortho intramolecular Hbond substituents is 1. The Bertz CT molecular complexity index is 1300. The molecular formula is C23H20ClF2N3O5. The molecule has 1 aliphatic rings. The number of carbonyl (C=O) groups excluding carboxylic acids is 2. The van der Waals surface area contributed by atoms with Gasteiger partial charge < -0.3 is 25.0 Å². The molecule has 2 aromatic carbocycles. The van der Waals surface area contributed by atoms with Crippen molar-refractivity contribution in [3.8, 4) is 5.75 Å². The third-order valence-electron chi connectivity index (χ3n) is 5.76. The Labute approximate surface area is 197 Å². The highest BCUT2D eigenvalue weighted by Gasteiger charge is 2.39. The maximum Gasteiger partial charge on any atom is 0.337 e. The van der Waals surface area contributed by atoms with Gasteiger partial charge in [0.1, 0.15) is 30.3 Å². The van der Waals surface area contributed by atoms with Crippen LogP contribution in [0, 0.1) is 5.82 Å². The first-order chi connectivity index (χ1) is 16.2. The van der Waals surface area contributed by atoms with Crippen LogP contribution in [0.25, 0.3) is 10.9 Å². The van der Waals surface area contributed by atoms with E-state index in [1.54, 1.807) is 0 Å². The van der Waals surface area contributed by atoms with Crippen LogP contribution in [0.3, 0.4) is 0 Å². The Morgan fingerprint density at radius 2 is 1.97 bits per heavy atom. The maximum atomic E-state index is 14.2. The van der Waals surface area contributed by atoms with Gasteiger partial charge >= 0.3 is 5.97 Å². The third-order valence-corrected chi connectivity index (χ3v) is 6.05. The van der Waals surface area contributed by atoms with E-state index in [9.17, 15) is 33.4 Å². The molecule has 0 unspecified atom stereocenters. The number of amides is 2. The average Bonchev–Trinajstić information content (AvgIpc) is 3.35. The van der Waals surface area contributed by atoms with Crippen molar-refractivity contribution < 1.29 is 33.4 Å². The zero-order valence-corrected chi connectivity index (χ0v) is 18.4. The number of aromatic nitrogens is 1. The van der Waals surface area contributed by atoms with Crippen molar-refractivity contribution in [2.45, 2.75) is 31.7 Å². The number of aromatic carboxylic acids is 1. The van der Waals surface area contributed by atoms with Gasteiger partial charge in [-0.05, 0) is 18.2 Å². The molecule has 178 valence electrons. The van der Waals surface area contributed by atoms with E-state index in [0.29, 0.717) is 10.9 Å². The number of nitrogens with zero attached hydrogens (tertiary/aromatic N) is 2. The van der Waals surface area contributed by atoms with Gasteiger partial charge in [-0.25, -0.2) is 13.6 Å². The monoisotopic (exact) mass is 491 g/mol. The lowest BCUT2D eigenvalue weighted by molar-refractivity contribution is -0.139. The summed E-state index contributed by atoms with van der Waals surface area (Å²) in [4.78, 5) is 38.4. The fourth-order valence-corrected chi connectivity index (χ4v) is 4.31. The van der Waals surface area contributed by atoms with Crippen LogP contribution in [-0.4, -0.2) is 56.2 Å². The first kappa shape index (κ1) is 23.5. The van der Waals surface area contributed by atoms with Crippen LogP contribution in [0.2, 0.25) is 5.02 Å². The van der Waals surface area contributed by atoms with Crippen LogP contribution in [0.1, 0.15) is 22.3 Å². The first-order valence-electron chi connectivity index (χ1n) is 10.3. The summed E-state index contributed by atoms with van der Waals surface area (Å²) in [7, 11) is 0. The number of carbonyl (C=O) groups is 3. The van der Waals surface area contributed by atoms with E-state index in [-0.39, 0.29) is 48.0 Å². The molecule has 0 spiro atoms. The molecule has 3 aromatic rings. The summed E-state index contributed by atoms with van der Waals surface area (Å²) in [6, 6.07) is 7.31. The van der Waals surface area contributed by atoms with Gasteiger partial charge in [-0.2, -0.15) is 0 Å². The number of nitrogens with one attached hydrogen (secondary N) is 1. The second kappa shape index (κ2) is 9.30. The Hall–Kier alpha value is -3.66. The number of carboxylic acid groups (broad SMARTS) is 1. The minimum absolute atomic E-state index is 0.0644. The van der Waals surface area contributed by atoms with Crippen molar-refractivity contribution in [2.24, 2.45) is 0 Å². The average molecular weight is 492 g/mol. The molecule has 0 saturated carbocycles. The van der Waals surface area contributed by atoms with E-state index >= 15 is 0 Å². The molecule has 11 heteroatoms. The number of hydrogen-bond acceptors (Lipinski definition) is 4. The van der Waals surface area contributed by atoms with Crippen molar-refractivity contribution in [3.05, 3.63) is 64.6 Å². The zero-order chi connectivity index (χ0) is 24.6. The number of alkyl halides is 1. The van der Waals surface area contributed by atoms with E-state index in [1.165, 1.54) is 47.2 Å². The van der Waals surface area contributed by atoms with E-state index in [0.717, 1.165) is 4.90 Å². The second-order valence-corrected chi connectivity index (χ2v) is 8.41. The molecule has 2 atom stereocenters. The van der Waals surface area contributed by atoms with Crippen LogP contribution < -0.4 is 5.32 Å². The van der Waals surface area contributed by atoms with Gasteiger partial charge in [0.25, 0.3) is 0 Å². The van der Waals surface area contributed by atoms with Crippen LogP contribution in [0.4, 0.5) is 8.78 Å². The number of halogens is 3. The molecule has 2 heterocycles. The number of aromatic hydroxyl groups is 1. The van der Waals surface area contributed by atoms with E-state index < -0.39 is 35.8 Å². The molecule has 4 rings (SSSR count). The maximum absolute atomic E-state index is 14.2. The number of phenols is 1. The Kier molecular flexibility index (Phi) is 6.43. The summed E-state index contributed by atoms with van der Waals surface area (Å²) in [6.07, 6.45) is -0.393. The van der Waals surface area contributed by atoms with Crippen molar-refractivity contribution in [3.63, 3.8) is 0 Å². The van der Waals surface area contributed by atoms with E-state index in [4.69, 9.17) is 11.6 Å². The summed E-state index contributed by atoms with van der Waals surface area (Å²) in [5.74, 6) is -3.26. The quantitative estimate of drug-likeness (QED) is 0.490. The number of rotatable bonds is 6. The molecule has 1 fully saturated rings. The van der Waals surface area contributed by atoms with Crippen LogP contribution in [-0.2, 0) is 22.7 Å². The molecule has 8 nitrogen and oxygen atoms in total. The van der Waals surface area contributed by atoms with Gasteiger partial charge in [0.2, 0.25) is 11.8 Å². The molecule has 0 bridgehead atoms. The minimum atomic E-state index is -1.43. The van der Waals surface area contributed by atoms with Crippen molar-refractivity contribution in [1.82, 2.24) is 14.8 Å². The summed E-state index contributed by atoms with van der Waals surface area (Å²) in [6.45, 7) is -0.866. The number of carboxylic acids is 1. The number of fused-ring (bicyclic) bond motifs is 1. The number of benzene rings is 2. The third kappa shape index (κ3) is 4.54. The SMILES string of the molecule is O=C(O)c1cn(CC(=O)N2C[C@H](F)C[C@H]2C(=O)NCc2cccc(Cl)c2F)c2cc(O)ccc12. The van der Waals surface area contributed by atoms with Crippen LogP contribution in [0.5, 0.6) is 5.75 Å². The molecular weight excluding hydrogens is 472 g/mol. The highest BCUT2D eigenvalue weighted by molar-refractivity contribution is 6.30. The molecule has 34 heavy (non-hydrogen) atoms. The van der Waals surface area contributed by atoms with Crippen molar-refractivity contribution >= 4 is 40.3 Å². The zero-order valence-electron chi connectivity index (χ0n) is 17.7. The Morgan fingerprint density at radius 3 is 2.71 bits per heavy atom. The molecule has 1 aliphatic heterocycles. The largest absolute Gasteiger partial charge is 0.508 e. The molecule has 0 radical (unpaired) electrons. The Balaban J connectivity index is 1.52. The highest BCUT2D eigenvalue weighted by Crippen LogP contribution is 2.27. The predicted octanol–water partition coefficient (Wildman–Crippen LogP) is 3.09. The lowest BCUT2D eigenvalue weighted by Crippen LogP contribution is -2.46. The number of hydrogen-bond donors (Lipinski definition) is 3. The fourth-order valence-electron chi connectivity index (χ4n) is 4.11. The standard InChI is InChI=1S/C23H20ClF2N3O5/c24-17-3-1-2-12(21(17)26)8-27-22(32)19-6-13(25)9-29(19)20(31)11-28-10-16(23(33)34)15-5-4-14(30)7-18(15)28/h1-5,7,10,13,19,30H,6,8-9,11H2,(H,27,32)(H,33,34)/t13-,19+/m1/s1. The highest BCUT2D eigenvalue weighted by atomic mass is 35.5. The van der Waals surface area contributed by atoms with Gasteiger partial charge in [0, 0.05) is 36.2 Å². The van der Waals surface area contributed by atoms with Crippen molar-refractivity contribution in [2.75, 3.05) is 6.54 Å². The van der Waals surface area contributed by atoms with Crippen LogP contribution in [0.15, 0.2) is 42.6 Å². The number of likely N-dealkylation sites (tertiary alicyclic amines) is 1. The lowest BCUT2D eigenvalue weighted by atomic mass is 10.1. The summed E-state index contributed by atoms with van der Waals surface area (Å²) in [5, 5.41) is 22.0. The van der Waals surface area contributed by atoms with Gasteiger partial charge in [0.15, 0.2) is 0 Å². The summed E-state index contributed by atoms with van der Waals surface area (Å²) >= 11 is 5.74.